The van der Waals surface area contributed by atoms with Crippen LogP contribution in [0.15, 0.2) is 36.7 Å². The molecule has 0 aliphatic heterocycles. The molecule has 2 rings (SSSR count). The number of methoxy groups -OCH3 is 1. The largest absolute Gasteiger partial charge is 0.495 e. The SMILES string of the molecule is COc1cncc(C(O)C(C#N)c2ccc(Cl)c(Cl)c2)c1. The predicted octanol–water partition coefficient (Wildman–Crippen LogP) is 3.74. The van der Waals surface area contributed by atoms with Crippen LogP contribution in [0, 0.1) is 11.3 Å². The molecule has 1 aromatic heterocycles. The van der Waals surface area contributed by atoms with Crippen molar-refractivity contribution in [3.05, 3.63) is 57.8 Å². The molecule has 108 valence electrons. The molecule has 0 saturated heterocycles. The van der Waals surface area contributed by atoms with E-state index in [0.717, 1.165) is 0 Å². The molecule has 1 aromatic carbocycles. The second-order valence-electron chi connectivity index (χ2n) is 4.38. The summed E-state index contributed by atoms with van der Waals surface area (Å²) in [5.74, 6) is -0.272. The number of nitriles is 1. The summed E-state index contributed by atoms with van der Waals surface area (Å²) < 4.78 is 5.06. The standard InChI is InChI=1S/C15H12Cl2N2O2/c1-21-11-4-10(7-19-8-11)15(20)12(6-18)9-2-3-13(16)14(17)5-9/h2-5,7-8,12,15,20H,1H3. The number of benzene rings is 1. The third kappa shape index (κ3) is 3.45. The van der Waals surface area contributed by atoms with Gasteiger partial charge in [-0.05, 0) is 23.8 Å². The van der Waals surface area contributed by atoms with E-state index < -0.39 is 12.0 Å². The van der Waals surface area contributed by atoms with Gasteiger partial charge in [0.15, 0.2) is 0 Å². The molecule has 0 aliphatic rings. The molecule has 0 amide bonds. The van der Waals surface area contributed by atoms with Gasteiger partial charge < -0.3 is 9.84 Å². The van der Waals surface area contributed by atoms with Crippen LogP contribution >= 0.6 is 23.2 Å². The van der Waals surface area contributed by atoms with Gasteiger partial charge in [0.05, 0.1) is 29.4 Å². The number of nitrogens with zero attached hydrogens (tertiary/aromatic N) is 2. The van der Waals surface area contributed by atoms with Gasteiger partial charge in [-0.2, -0.15) is 5.26 Å². The van der Waals surface area contributed by atoms with Crippen LogP contribution in [-0.4, -0.2) is 17.2 Å². The van der Waals surface area contributed by atoms with Crippen molar-refractivity contribution in [3.63, 3.8) is 0 Å². The lowest BCUT2D eigenvalue weighted by molar-refractivity contribution is 0.163. The molecule has 0 radical (unpaired) electrons. The number of pyridine rings is 1. The smallest absolute Gasteiger partial charge is 0.137 e. The molecule has 2 atom stereocenters. The Morgan fingerprint density at radius 3 is 2.57 bits per heavy atom. The molecule has 6 heteroatoms. The van der Waals surface area contributed by atoms with Gasteiger partial charge in [-0.3, -0.25) is 4.98 Å². The molecular weight excluding hydrogens is 311 g/mol. The van der Waals surface area contributed by atoms with E-state index in [0.29, 0.717) is 26.9 Å². The highest BCUT2D eigenvalue weighted by atomic mass is 35.5. The molecule has 21 heavy (non-hydrogen) atoms. The first-order valence-corrected chi connectivity index (χ1v) is 6.84. The minimum Gasteiger partial charge on any atom is -0.495 e. The summed E-state index contributed by atoms with van der Waals surface area (Å²) in [7, 11) is 1.51. The van der Waals surface area contributed by atoms with Crippen molar-refractivity contribution in [2.24, 2.45) is 0 Å². The number of rotatable bonds is 4. The molecule has 0 bridgehead atoms. The van der Waals surface area contributed by atoms with Gasteiger partial charge in [0, 0.05) is 11.8 Å². The van der Waals surface area contributed by atoms with Crippen molar-refractivity contribution >= 4 is 23.2 Å². The zero-order valence-corrected chi connectivity index (χ0v) is 12.6. The Balaban J connectivity index is 2.36. The number of aliphatic hydroxyl groups excluding tert-OH is 1. The number of hydrogen-bond acceptors (Lipinski definition) is 4. The van der Waals surface area contributed by atoms with Gasteiger partial charge in [0.2, 0.25) is 0 Å². The Morgan fingerprint density at radius 2 is 1.95 bits per heavy atom. The van der Waals surface area contributed by atoms with Crippen LogP contribution in [0.1, 0.15) is 23.1 Å². The van der Waals surface area contributed by atoms with Crippen molar-refractivity contribution < 1.29 is 9.84 Å². The molecule has 2 aromatic rings. The lowest BCUT2D eigenvalue weighted by atomic mass is 9.91. The maximum absolute atomic E-state index is 10.4. The molecule has 1 N–H and O–H groups in total. The molecule has 0 aliphatic carbocycles. The molecule has 0 fully saturated rings. The Morgan fingerprint density at radius 1 is 1.19 bits per heavy atom. The first kappa shape index (κ1) is 15.6. The van der Waals surface area contributed by atoms with E-state index in [2.05, 4.69) is 11.1 Å². The normalized spacial score (nSPS) is 13.3. The molecule has 2 unspecified atom stereocenters. The Hall–Kier alpha value is -1.80. The molecule has 1 heterocycles. The third-order valence-corrected chi connectivity index (χ3v) is 3.81. The van der Waals surface area contributed by atoms with Crippen LogP contribution in [0.5, 0.6) is 5.75 Å². The fraction of sp³-hybridized carbons (Fsp3) is 0.200. The fourth-order valence-electron chi connectivity index (χ4n) is 1.93. The summed E-state index contributed by atoms with van der Waals surface area (Å²) in [6.45, 7) is 0. The van der Waals surface area contributed by atoms with Crippen LogP contribution < -0.4 is 4.74 Å². The summed E-state index contributed by atoms with van der Waals surface area (Å²) in [6.07, 6.45) is 1.97. The average molecular weight is 323 g/mol. The van der Waals surface area contributed by atoms with Crippen LogP contribution in [0.4, 0.5) is 0 Å². The third-order valence-electron chi connectivity index (χ3n) is 3.07. The highest BCUT2D eigenvalue weighted by Crippen LogP contribution is 2.34. The van der Waals surface area contributed by atoms with Crippen LogP contribution in [0.2, 0.25) is 10.0 Å². The van der Waals surface area contributed by atoms with Gasteiger partial charge >= 0.3 is 0 Å². The fourth-order valence-corrected chi connectivity index (χ4v) is 2.24. The predicted molar refractivity (Wildman–Crippen MR) is 80.6 cm³/mol. The van der Waals surface area contributed by atoms with Gasteiger partial charge in [-0.25, -0.2) is 0 Å². The molecule has 0 spiro atoms. The van der Waals surface area contributed by atoms with Crippen molar-refractivity contribution in [1.29, 1.82) is 5.26 Å². The number of ether oxygens (including phenoxy) is 1. The van der Waals surface area contributed by atoms with Crippen molar-refractivity contribution in [2.75, 3.05) is 7.11 Å². The highest BCUT2D eigenvalue weighted by molar-refractivity contribution is 6.42. The first-order valence-electron chi connectivity index (χ1n) is 6.08. The number of aliphatic hydroxyl groups is 1. The van der Waals surface area contributed by atoms with E-state index in [4.69, 9.17) is 27.9 Å². The topological polar surface area (TPSA) is 66.1 Å². The van der Waals surface area contributed by atoms with Gasteiger partial charge in [0.25, 0.3) is 0 Å². The van der Waals surface area contributed by atoms with Crippen LogP contribution in [-0.2, 0) is 0 Å². The minimum absolute atomic E-state index is 0.338. The molecule has 4 nitrogen and oxygen atoms in total. The van der Waals surface area contributed by atoms with E-state index in [-0.39, 0.29) is 0 Å². The van der Waals surface area contributed by atoms with Gasteiger partial charge in [-0.1, -0.05) is 29.3 Å². The van der Waals surface area contributed by atoms with E-state index in [1.807, 2.05) is 0 Å². The number of hydrogen-bond donors (Lipinski definition) is 1. The van der Waals surface area contributed by atoms with E-state index in [9.17, 15) is 10.4 Å². The zero-order chi connectivity index (χ0) is 15.4. The minimum atomic E-state index is -1.05. The number of aromatic nitrogens is 1. The first-order chi connectivity index (χ1) is 10.1. The molecule has 0 saturated carbocycles. The van der Waals surface area contributed by atoms with Gasteiger partial charge in [-0.15, -0.1) is 0 Å². The quantitative estimate of drug-likeness (QED) is 0.931. The van der Waals surface area contributed by atoms with E-state index >= 15 is 0 Å². The zero-order valence-electron chi connectivity index (χ0n) is 11.1. The second-order valence-corrected chi connectivity index (χ2v) is 5.20. The summed E-state index contributed by atoms with van der Waals surface area (Å²) in [5.41, 5.74) is 1.08. The maximum atomic E-state index is 10.4. The van der Waals surface area contributed by atoms with Crippen LogP contribution in [0.25, 0.3) is 0 Å². The second kappa shape index (κ2) is 6.77. The lowest BCUT2D eigenvalue weighted by Crippen LogP contribution is -2.10. The Labute approximate surface area is 132 Å². The Kier molecular flexibility index (Phi) is 5.03. The number of halogens is 2. The lowest BCUT2D eigenvalue weighted by Gasteiger charge is -2.18. The van der Waals surface area contributed by atoms with E-state index in [1.165, 1.54) is 19.5 Å². The van der Waals surface area contributed by atoms with Crippen LogP contribution in [0.3, 0.4) is 0 Å². The molecular formula is C15H12Cl2N2O2. The summed E-state index contributed by atoms with van der Waals surface area (Å²) in [5, 5.41) is 20.5. The summed E-state index contributed by atoms with van der Waals surface area (Å²) >= 11 is 11.8. The maximum Gasteiger partial charge on any atom is 0.137 e. The average Bonchev–Trinajstić information content (AvgIpc) is 2.51. The van der Waals surface area contributed by atoms with Crippen molar-refractivity contribution in [3.8, 4) is 11.8 Å². The van der Waals surface area contributed by atoms with Crippen molar-refractivity contribution in [2.45, 2.75) is 12.0 Å². The monoisotopic (exact) mass is 322 g/mol. The summed E-state index contributed by atoms with van der Waals surface area (Å²) in [6, 6.07) is 8.56. The van der Waals surface area contributed by atoms with Crippen molar-refractivity contribution in [1.82, 2.24) is 4.98 Å². The van der Waals surface area contributed by atoms with E-state index in [1.54, 1.807) is 24.3 Å². The highest BCUT2D eigenvalue weighted by Gasteiger charge is 2.24. The Bertz CT molecular complexity index is 686. The van der Waals surface area contributed by atoms with Gasteiger partial charge in [0.1, 0.15) is 17.8 Å². The summed E-state index contributed by atoms with van der Waals surface area (Å²) in [4.78, 5) is 3.98.